The highest BCUT2D eigenvalue weighted by molar-refractivity contribution is 7.13. The zero-order valence-electron chi connectivity index (χ0n) is 11.4. The zero-order chi connectivity index (χ0) is 14.4. The number of aryl methyl sites for hydroxylation is 1. The van der Waals surface area contributed by atoms with Gasteiger partial charge in [-0.1, -0.05) is 42.0 Å². The van der Waals surface area contributed by atoms with Gasteiger partial charge in [-0.25, -0.2) is 0 Å². The third-order valence-electron chi connectivity index (χ3n) is 3.66. The first-order valence-electron chi connectivity index (χ1n) is 6.71. The van der Waals surface area contributed by atoms with Gasteiger partial charge in [0.15, 0.2) is 5.43 Å². The van der Waals surface area contributed by atoms with Gasteiger partial charge in [0.2, 0.25) is 0 Å². The molecule has 0 saturated heterocycles. The van der Waals surface area contributed by atoms with E-state index < -0.39 is 0 Å². The van der Waals surface area contributed by atoms with Crippen molar-refractivity contribution in [2.24, 2.45) is 0 Å². The Bertz CT molecular complexity index is 1010. The summed E-state index contributed by atoms with van der Waals surface area (Å²) in [6, 6.07) is 15.7. The van der Waals surface area contributed by atoms with Gasteiger partial charge in [-0.05, 0) is 30.6 Å². The van der Waals surface area contributed by atoms with Crippen LogP contribution in [0.15, 0.2) is 53.3 Å². The molecule has 2 aromatic heterocycles. The van der Waals surface area contributed by atoms with Crippen molar-refractivity contribution in [1.82, 2.24) is 9.36 Å². The summed E-state index contributed by atoms with van der Waals surface area (Å²) in [7, 11) is 0. The number of aromatic nitrogens is 2. The van der Waals surface area contributed by atoms with E-state index in [0.29, 0.717) is 10.8 Å². The zero-order valence-corrected chi connectivity index (χ0v) is 12.2. The van der Waals surface area contributed by atoms with Crippen molar-refractivity contribution in [3.05, 3.63) is 64.3 Å². The Labute approximate surface area is 125 Å². The lowest BCUT2D eigenvalue weighted by atomic mass is 10.1. The molecule has 0 fully saturated rings. The van der Waals surface area contributed by atoms with Crippen LogP contribution in [0.25, 0.3) is 32.4 Å². The number of hydrogen-bond acceptors (Lipinski definition) is 3. The fourth-order valence-electron chi connectivity index (χ4n) is 2.54. The average molecular weight is 292 g/mol. The van der Waals surface area contributed by atoms with E-state index >= 15 is 0 Å². The van der Waals surface area contributed by atoms with E-state index in [1.807, 2.05) is 55.5 Å². The fraction of sp³-hybridized carbons (Fsp3) is 0.0588. The Morgan fingerprint density at radius 3 is 2.62 bits per heavy atom. The van der Waals surface area contributed by atoms with E-state index in [4.69, 9.17) is 0 Å². The third-order valence-corrected chi connectivity index (χ3v) is 4.43. The summed E-state index contributed by atoms with van der Waals surface area (Å²) in [5, 5.41) is 1.39. The van der Waals surface area contributed by atoms with E-state index in [2.05, 4.69) is 9.36 Å². The van der Waals surface area contributed by atoms with Crippen LogP contribution < -0.4 is 5.43 Å². The van der Waals surface area contributed by atoms with Crippen LogP contribution in [0.3, 0.4) is 0 Å². The number of nitrogens with one attached hydrogen (secondary N) is 1. The first-order valence-corrected chi connectivity index (χ1v) is 7.49. The van der Waals surface area contributed by atoms with Gasteiger partial charge in [-0.15, -0.1) is 0 Å². The summed E-state index contributed by atoms with van der Waals surface area (Å²) in [6.07, 6.45) is 0. The van der Waals surface area contributed by atoms with Crippen molar-refractivity contribution >= 4 is 32.7 Å². The summed E-state index contributed by atoms with van der Waals surface area (Å²) >= 11 is 1.34. The quantitative estimate of drug-likeness (QED) is 0.574. The fourth-order valence-corrected chi connectivity index (χ4v) is 3.36. The van der Waals surface area contributed by atoms with Crippen LogP contribution >= 0.6 is 11.5 Å². The minimum Gasteiger partial charge on any atom is -0.345 e. The molecular formula is C17H12N2OS. The Morgan fingerprint density at radius 2 is 1.81 bits per heavy atom. The molecule has 102 valence electrons. The molecule has 21 heavy (non-hydrogen) atoms. The number of nitrogens with zero attached hydrogens (tertiary/aromatic N) is 1. The average Bonchev–Trinajstić information content (AvgIpc) is 2.92. The van der Waals surface area contributed by atoms with Gasteiger partial charge in [-0.3, -0.25) is 4.79 Å². The van der Waals surface area contributed by atoms with Crippen LogP contribution in [-0.4, -0.2) is 9.36 Å². The molecule has 0 aliphatic heterocycles. The van der Waals surface area contributed by atoms with Gasteiger partial charge < -0.3 is 4.98 Å². The second kappa shape index (κ2) is 4.53. The lowest BCUT2D eigenvalue weighted by molar-refractivity contribution is 1.45. The second-order valence-electron chi connectivity index (χ2n) is 5.10. The number of pyridine rings is 1. The van der Waals surface area contributed by atoms with Gasteiger partial charge >= 0.3 is 0 Å². The minimum absolute atomic E-state index is 0.0451. The largest absolute Gasteiger partial charge is 0.345 e. The predicted octanol–water partition coefficient (Wildman–Crippen LogP) is 4.11. The molecule has 0 aliphatic rings. The molecule has 1 N–H and O–H groups in total. The van der Waals surface area contributed by atoms with Crippen molar-refractivity contribution in [3.8, 4) is 11.3 Å². The molecule has 0 aliphatic carbocycles. The van der Waals surface area contributed by atoms with Crippen molar-refractivity contribution in [1.29, 1.82) is 0 Å². The number of rotatable bonds is 1. The summed E-state index contributed by atoms with van der Waals surface area (Å²) in [6.45, 7) is 2.04. The van der Waals surface area contributed by atoms with Crippen LogP contribution in [0.4, 0.5) is 0 Å². The van der Waals surface area contributed by atoms with Gasteiger partial charge in [0.25, 0.3) is 0 Å². The summed E-state index contributed by atoms with van der Waals surface area (Å²) in [4.78, 5) is 16.9. The van der Waals surface area contributed by atoms with Crippen molar-refractivity contribution in [3.63, 3.8) is 0 Å². The maximum atomic E-state index is 12.8. The molecule has 0 saturated carbocycles. The van der Waals surface area contributed by atoms with E-state index in [0.717, 1.165) is 21.6 Å². The summed E-state index contributed by atoms with van der Waals surface area (Å²) < 4.78 is 4.49. The van der Waals surface area contributed by atoms with Gasteiger partial charge in [-0.2, -0.15) is 4.37 Å². The smallest absolute Gasteiger partial charge is 0.200 e. The van der Waals surface area contributed by atoms with Crippen LogP contribution in [0.1, 0.15) is 5.56 Å². The first kappa shape index (κ1) is 12.3. The SMILES string of the molecule is Cc1ccc(-c2nsc3[nH]c4ccccc4c(=O)c23)cc1. The number of aromatic amines is 1. The molecule has 2 aromatic carbocycles. The van der Waals surface area contributed by atoms with E-state index in [9.17, 15) is 4.79 Å². The number of benzene rings is 2. The van der Waals surface area contributed by atoms with Crippen molar-refractivity contribution in [2.75, 3.05) is 0 Å². The van der Waals surface area contributed by atoms with E-state index in [-0.39, 0.29) is 5.43 Å². The third kappa shape index (κ3) is 1.87. The molecule has 3 nitrogen and oxygen atoms in total. The summed E-state index contributed by atoms with van der Waals surface area (Å²) in [5.74, 6) is 0. The Morgan fingerprint density at radius 1 is 1.05 bits per heavy atom. The maximum Gasteiger partial charge on any atom is 0.200 e. The van der Waals surface area contributed by atoms with Crippen molar-refractivity contribution in [2.45, 2.75) is 6.92 Å². The number of hydrogen-bond donors (Lipinski definition) is 1. The molecule has 4 heteroatoms. The molecule has 0 bridgehead atoms. The van der Waals surface area contributed by atoms with Crippen LogP contribution in [0.5, 0.6) is 0 Å². The van der Waals surface area contributed by atoms with Gasteiger partial charge in [0, 0.05) is 10.9 Å². The topological polar surface area (TPSA) is 45.8 Å². The molecule has 0 radical (unpaired) electrons. The van der Waals surface area contributed by atoms with Crippen LogP contribution in [0, 0.1) is 6.92 Å². The Balaban J connectivity index is 2.10. The molecule has 0 spiro atoms. The monoisotopic (exact) mass is 292 g/mol. The Kier molecular flexibility index (Phi) is 2.65. The molecule has 2 heterocycles. The summed E-state index contributed by atoms with van der Waals surface area (Å²) in [5.41, 5.74) is 3.84. The number of H-pyrrole nitrogens is 1. The lowest BCUT2D eigenvalue weighted by Gasteiger charge is -2.01. The van der Waals surface area contributed by atoms with Crippen LogP contribution in [0.2, 0.25) is 0 Å². The molecule has 4 aromatic rings. The number of fused-ring (bicyclic) bond motifs is 2. The van der Waals surface area contributed by atoms with Gasteiger partial charge in [0.1, 0.15) is 4.83 Å². The molecule has 0 unspecified atom stereocenters. The highest BCUT2D eigenvalue weighted by Crippen LogP contribution is 2.29. The molecule has 0 amide bonds. The highest BCUT2D eigenvalue weighted by atomic mass is 32.1. The predicted molar refractivity (Wildman–Crippen MR) is 87.9 cm³/mol. The van der Waals surface area contributed by atoms with E-state index in [1.54, 1.807) is 0 Å². The first-order chi connectivity index (χ1) is 10.2. The molecule has 0 atom stereocenters. The van der Waals surface area contributed by atoms with Crippen molar-refractivity contribution < 1.29 is 0 Å². The second-order valence-corrected chi connectivity index (χ2v) is 5.87. The molecular weight excluding hydrogens is 280 g/mol. The minimum atomic E-state index is 0.0451. The maximum absolute atomic E-state index is 12.8. The lowest BCUT2D eigenvalue weighted by Crippen LogP contribution is -2.03. The number of para-hydroxylation sites is 1. The van der Waals surface area contributed by atoms with Gasteiger partial charge in [0.05, 0.1) is 16.6 Å². The van der Waals surface area contributed by atoms with E-state index in [1.165, 1.54) is 17.1 Å². The standard InChI is InChI=1S/C17H12N2OS/c1-10-6-8-11(9-7-10)15-14-16(20)12-4-2-3-5-13(12)18-17(14)21-19-15/h2-9H,1H3,(H,18,20). The normalized spacial score (nSPS) is 11.3. The van der Waals surface area contributed by atoms with Crippen LogP contribution in [-0.2, 0) is 0 Å². The highest BCUT2D eigenvalue weighted by Gasteiger charge is 2.14. The molecule has 4 rings (SSSR count). The Hall–Kier alpha value is -2.46.